The lowest BCUT2D eigenvalue weighted by molar-refractivity contribution is -0.148. The number of carbonyl (C=O) groups is 2. The number of hydrogen-bond donors (Lipinski definition) is 0. The van der Waals surface area contributed by atoms with Crippen LogP contribution in [0.25, 0.3) is 0 Å². The molecular weight excluding hydrogens is 302 g/mol. The molecule has 1 unspecified atom stereocenters. The van der Waals surface area contributed by atoms with E-state index in [4.69, 9.17) is 9.47 Å². The molecule has 1 amide bonds. The maximum absolute atomic E-state index is 12.0. The lowest BCUT2D eigenvalue weighted by Gasteiger charge is -2.27. The van der Waals surface area contributed by atoms with Crippen LogP contribution in [-0.4, -0.2) is 46.6 Å². The van der Waals surface area contributed by atoms with Gasteiger partial charge < -0.3 is 9.47 Å². The monoisotopic (exact) mass is 321 g/mol. The van der Waals surface area contributed by atoms with Gasteiger partial charge >= 0.3 is 12.1 Å². The quantitative estimate of drug-likeness (QED) is 0.578. The molecule has 1 rings (SSSR count). The summed E-state index contributed by atoms with van der Waals surface area (Å²) >= 11 is 3.43. The highest BCUT2D eigenvalue weighted by molar-refractivity contribution is 9.09. The summed E-state index contributed by atoms with van der Waals surface area (Å²) in [5.74, 6) is -0.370. The van der Waals surface area contributed by atoms with E-state index in [1.165, 1.54) is 4.90 Å². The Morgan fingerprint density at radius 3 is 2.50 bits per heavy atom. The van der Waals surface area contributed by atoms with Gasteiger partial charge in [-0.2, -0.15) is 0 Å². The number of nitrogens with zero attached hydrogens (tertiary/aromatic N) is 1. The van der Waals surface area contributed by atoms with Crippen LogP contribution in [-0.2, 0) is 14.3 Å². The molecule has 0 radical (unpaired) electrons. The van der Waals surface area contributed by atoms with Crippen LogP contribution in [0.1, 0.15) is 34.1 Å². The summed E-state index contributed by atoms with van der Waals surface area (Å²) < 4.78 is 10.3. The minimum absolute atomic E-state index is 0.0967. The van der Waals surface area contributed by atoms with Gasteiger partial charge in [-0.05, 0) is 34.1 Å². The van der Waals surface area contributed by atoms with Gasteiger partial charge in [0.25, 0.3) is 0 Å². The van der Waals surface area contributed by atoms with Gasteiger partial charge in [0.15, 0.2) is 0 Å². The van der Waals surface area contributed by atoms with Crippen LogP contribution in [0, 0.1) is 0 Å². The zero-order valence-corrected chi connectivity index (χ0v) is 12.8. The topological polar surface area (TPSA) is 55.8 Å². The van der Waals surface area contributed by atoms with E-state index in [9.17, 15) is 9.59 Å². The van der Waals surface area contributed by atoms with Crippen LogP contribution in [0.3, 0.4) is 0 Å². The van der Waals surface area contributed by atoms with E-state index in [1.54, 1.807) is 27.7 Å². The van der Waals surface area contributed by atoms with Crippen LogP contribution in [0.15, 0.2) is 0 Å². The SMILES string of the molecule is CCOC(=O)[C@@H]1CC(Br)CN1C(=O)OC(C)(C)C. The van der Waals surface area contributed by atoms with Crippen molar-refractivity contribution in [2.24, 2.45) is 0 Å². The summed E-state index contributed by atoms with van der Waals surface area (Å²) in [7, 11) is 0. The molecule has 18 heavy (non-hydrogen) atoms. The van der Waals surface area contributed by atoms with Crippen molar-refractivity contribution in [2.75, 3.05) is 13.2 Å². The first kappa shape index (κ1) is 15.3. The van der Waals surface area contributed by atoms with E-state index in [0.717, 1.165) is 0 Å². The summed E-state index contributed by atoms with van der Waals surface area (Å²) in [6, 6.07) is -0.552. The molecule has 104 valence electrons. The normalized spacial score (nSPS) is 23.9. The summed E-state index contributed by atoms with van der Waals surface area (Å²) in [5, 5.41) is 0. The Hall–Kier alpha value is -0.780. The Kier molecular flexibility index (Phi) is 5.01. The fourth-order valence-corrected chi connectivity index (χ4v) is 2.44. The summed E-state index contributed by atoms with van der Waals surface area (Å²) in [6.07, 6.45) is 0.0837. The lowest BCUT2D eigenvalue weighted by Crippen LogP contribution is -2.44. The van der Waals surface area contributed by atoms with Crippen molar-refractivity contribution in [3.05, 3.63) is 0 Å². The second-order valence-corrected chi connectivity index (χ2v) is 6.53. The lowest BCUT2D eigenvalue weighted by atomic mass is 10.2. The zero-order valence-electron chi connectivity index (χ0n) is 11.2. The van der Waals surface area contributed by atoms with Crippen LogP contribution in [0.4, 0.5) is 4.79 Å². The highest BCUT2D eigenvalue weighted by Crippen LogP contribution is 2.26. The molecule has 1 saturated heterocycles. The van der Waals surface area contributed by atoms with Gasteiger partial charge in [-0.1, -0.05) is 15.9 Å². The number of esters is 1. The number of hydrogen-bond acceptors (Lipinski definition) is 4. The molecule has 0 aliphatic carbocycles. The van der Waals surface area contributed by atoms with Gasteiger partial charge in [0.1, 0.15) is 11.6 Å². The third-order valence-corrected chi connectivity index (χ3v) is 3.10. The summed E-state index contributed by atoms with van der Waals surface area (Å²) in [5.41, 5.74) is -0.569. The van der Waals surface area contributed by atoms with E-state index in [0.29, 0.717) is 19.6 Å². The molecule has 1 fully saturated rings. The molecule has 6 heteroatoms. The van der Waals surface area contributed by atoms with Crippen LogP contribution in [0.2, 0.25) is 0 Å². The average Bonchev–Trinajstić information content (AvgIpc) is 2.58. The molecule has 0 bridgehead atoms. The predicted octanol–water partition coefficient (Wildman–Crippen LogP) is 2.32. The molecule has 1 aliphatic rings. The Morgan fingerprint density at radius 1 is 1.39 bits per heavy atom. The fraction of sp³-hybridized carbons (Fsp3) is 0.833. The minimum Gasteiger partial charge on any atom is -0.464 e. The molecule has 0 saturated carbocycles. The Morgan fingerprint density at radius 2 is 2.00 bits per heavy atom. The van der Waals surface area contributed by atoms with E-state index >= 15 is 0 Å². The fourth-order valence-electron chi connectivity index (χ4n) is 1.77. The van der Waals surface area contributed by atoms with E-state index in [1.807, 2.05) is 0 Å². The second-order valence-electron chi connectivity index (χ2n) is 5.23. The molecule has 5 nitrogen and oxygen atoms in total. The van der Waals surface area contributed by atoms with Crippen LogP contribution < -0.4 is 0 Å². The van der Waals surface area contributed by atoms with Crippen molar-refractivity contribution in [3.63, 3.8) is 0 Å². The third kappa shape index (κ3) is 4.15. The van der Waals surface area contributed by atoms with E-state index in [-0.39, 0.29) is 10.8 Å². The highest BCUT2D eigenvalue weighted by atomic mass is 79.9. The first-order valence-electron chi connectivity index (χ1n) is 6.05. The number of halogens is 1. The Labute approximate surface area is 116 Å². The van der Waals surface area contributed by atoms with Gasteiger partial charge in [-0.25, -0.2) is 9.59 Å². The van der Waals surface area contributed by atoms with Crippen LogP contribution >= 0.6 is 15.9 Å². The number of likely N-dealkylation sites (tertiary alicyclic amines) is 1. The molecule has 0 aromatic carbocycles. The van der Waals surface area contributed by atoms with Crippen molar-refractivity contribution in [1.29, 1.82) is 0 Å². The van der Waals surface area contributed by atoms with E-state index in [2.05, 4.69) is 15.9 Å². The third-order valence-electron chi connectivity index (χ3n) is 2.44. The first-order chi connectivity index (χ1) is 8.24. The number of carbonyl (C=O) groups excluding carboxylic acids is 2. The molecule has 2 atom stereocenters. The average molecular weight is 322 g/mol. The van der Waals surface area contributed by atoms with Crippen LogP contribution in [0.5, 0.6) is 0 Å². The molecule has 1 aliphatic heterocycles. The smallest absolute Gasteiger partial charge is 0.411 e. The van der Waals surface area contributed by atoms with Crippen molar-refractivity contribution in [1.82, 2.24) is 4.90 Å². The Bertz CT molecular complexity index is 327. The van der Waals surface area contributed by atoms with Crippen molar-refractivity contribution in [2.45, 2.75) is 50.6 Å². The standard InChI is InChI=1S/C12H20BrNO4/c1-5-17-10(15)9-6-8(13)7-14(9)11(16)18-12(2,3)4/h8-9H,5-7H2,1-4H3/t8?,9-/m0/s1. The maximum Gasteiger partial charge on any atom is 0.411 e. The molecule has 1 heterocycles. The summed E-state index contributed by atoms with van der Waals surface area (Å²) in [6.45, 7) is 7.91. The number of rotatable bonds is 2. The van der Waals surface area contributed by atoms with Gasteiger partial charge in [-0.15, -0.1) is 0 Å². The van der Waals surface area contributed by atoms with Gasteiger partial charge in [0, 0.05) is 11.4 Å². The predicted molar refractivity (Wildman–Crippen MR) is 70.7 cm³/mol. The summed E-state index contributed by atoms with van der Waals surface area (Å²) in [4.78, 5) is 25.3. The van der Waals surface area contributed by atoms with E-state index < -0.39 is 17.7 Å². The minimum atomic E-state index is -0.569. The molecular formula is C12H20BrNO4. The second kappa shape index (κ2) is 5.91. The van der Waals surface area contributed by atoms with Gasteiger partial charge in [0.05, 0.1) is 6.61 Å². The zero-order chi connectivity index (χ0) is 13.9. The first-order valence-corrected chi connectivity index (χ1v) is 6.96. The van der Waals surface area contributed by atoms with Gasteiger partial charge in [-0.3, -0.25) is 4.90 Å². The number of amides is 1. The molecule has 0 spiro atoms. The highest BCUT2D eigenvalue weighted by Gasteiger charge is 2.41. The maximum atomic E-state index is 12.0. The van der Waals surface area contributed by atoms with Crippen molar-refractivity contribution >= 4 is 28.0 Å². The molecule has 0 N–H and O–H groups in total. The van der Waals surface area contributed by atoms with Crippen molar-refractivity contribution in [3.8, 4) is 0 Å². The Balaban J connectivity index is 2.72. The van der Waals surface area contributed by atoms with Gasteiger partial charge in [0.2, 0.25) is 0 Å². The largest absolute Gasteiger partial charge is 0.464 e. The molecule has 0 aromatic rings. The number of alkyl halides is 1. The number of ether oxygens (including phenoxy) is 2. The van der Waals surface area contributed by atoms with Crippen molar-refractivity contribution < 1.29 is 19.1 Å². The molecule has 0 aromatic heterocycles.